The highest BCUT2D eigenvalue weighted by Crippen LogP contribution is 2.39. The first-order chi connectivity index (χ1) is 8.59. The Bertz CT molecular complexity index is 630. The van der Waals surface area contributed by atoms with Gasteiger partial charge in [-0.25, -0.2) is 0 Å². The Labute approximate surface area is 102 Å². The van der Waals surface area contributed by atoms with Crippen molar-refractivity contribution in [2.24, 2.45) is 5.92 Å². The van der Waals surface area contributed by atoms with Gasteiger partial charge in [-0.2, -0.15) is 0 Å². The van der Waals surface area contributed by atoms with Crippen LogP contribution >= 0.6 is 0 Å². The number of ketones is 1. The first kappa shape index (κ1) is 10.7. The molecule has 1 heterocycles. The summed E-state index contributed by atoms with van der Waals surface area (Å²) in [4.78, 5) is 34.7. The lowest BCUT2D eigenvalue weighted by Crippen LogP contribution is -2.27. The van der Waals surface area contributed by atoms with Crippen molar-refractivity contribution in [2.45, 2.75) is 6.42 Å². The molecule has 0 bridgehead atoms. The monoisotopic (exact) mass is 243 g/mol. The highest BCUT2D eigenvalue weighted by Gasteiger charge is 2.43. The van der Waals surface area contributed by atoms with E-state index < -0.39 is 17.8 Å². The molecule has 1 unspecified atom stereocenters. The molecule has 3 rings (SSSR count). The van der Waals surface area contributed by atoms with Crippen molar-refractivity contribution in [1.29, 1.82) is 0 Å². The summed E-state index contributed by atoms with van der Waals surface area (Å²) >= 11 is 0. The number of Topliss-reactive ketones (excluding diaryl/α,β-unsaturated/α-hetero) is 1. The maximum atomic E-state index is 11.9. The first-order valence-electron chi connectivity index (χ1n) is 5.49. The van der Waals surface area contributed by atoms with E-state index in [4.69, 9.17) is 5.11 Å². The Balaban J connectivity index is 2.23. The normalized spacial score (nSPS) is 21.4. The second-order valence-corrected chi connectivity index (χ2v) is 4.30. The average molecular weight is 243 g/mol. The Morgan fingerprint density at radius 1 is 1.22 bits per heavy atom. The Morgan fingerprint density at radius 2 is 1.89 bits per heavy atom. The van der Waals surface area contributed by atoms with Gasteiger partial charge in [-0.1, -0.05) is 24.3 Å². The molecule has 1 aliphatic heterocycles. The van der Waals surface area contributed by atoms with Crippen LogP contribution in [0.3, 0.4) is 0 Å². The minimum atomic E-state index is -1.21. The predicted molar refractivity (Wildman–Crippen MR) is 61.6 cm³/mol. The molecule has 90 valence electrons. The summed E-state index contributed by atoms with van der Waals surface area (Å²) in [7, 11) is 0. The molecular weight excluding hydrogens is 234 g/mol. The molecule has 18 heavy (non-hydrogen) atoms. The van der Waals surface area contributed by atoms with Crippen LogP contribution in [-0.2, 0) is 9.59 Å². The number of amides is 1. The van der Waals surface area contributed by atoms with E-state index in [1.165, 1.54) is 0 Å². The number of carbonyl (C=O) groups excluding carboxylic acids is 2. The number of hydrogen-bond donors (Lipinski definition) is 2. The number of carboxylic acid groups (broad SMARTS) is 1. The van der Waals surface area contributed by atoms with Gasteiger partial charge in [-0.3, -0.25) is 14.4 Å². The third-order valence-corrected chi connectivity index (χ3v) is 3.25. The van der Waals surface area contributed by atoms with Crippen molar-refractivity contribution in [2.75, 3.05) is 0 Å². The van der Waals surface area contributed by atoms with Crippen LogP contribution < -0.4 is 5.32 Å². The molecule has 2 N–H and O–H groups in total. The molecule has 0 spiro atoms. The summed E-state index contributed by atoms with van der Waals surface area (Å²) in [6.07, 6.45) is 0.0574. The van der Waals surface area contributed by atoms with Gasteiger partial charge < -0.3 is 10.4 Å². The van der Waals surface area contributed by atoms with E-state index in [0.717, 1.165) is 0 Å². The summed E-state index contributed by atoms with van der Waals surface area (Å²) in [5, 5.41) is 11.6. The van der Waals surface area contributed by atoms with Crippen LogP contribution in [0.4, 0.5) is 0 Å². The number of fused-ring (bicyclic) bond motifs is 2. The lowest BCUT2D eigenvalue weighted by Gasteiger charge is -2.18. The maximum absolute atomic E-state index is 11.9. The highest BCUT2D eigenvalue weighted by atomic mass is 16.4. The van der Waals surface area contributed by atoms with E-state index in [0.29, 0.717) is 22.4 Å². The minimum absolute atomic E-state index is 0.0574. The second-order valence-electron chi connectivity index (χ2n) is 4.30. The van der Waals surface area contributed by atoms with Crippen LogP contribution in [0.1, 0.15) is 22.3 Å². The van der Waals surface area contributed by atoms with Gasteiger partial charge in [0, 0.05) is 16.8 Å². The molecule has 5 heteroatoms. The average Bonchev–Trinajstić information content (AvgIpc) is 2.66. The van der Waals surface area contributed by atoms with Crippen LogP contribution in [0.2, 0.25) is 0 Å². The van der Waals surface area contributed by atoms with E-state index in [2.05, 4.69) is 5.32 Å². The fraction of sp³-hybridized carbons (Fsp3) is 0.154. The molecule has 5 nitrogen and oxygen atoms in total. The van der Waals surface area contributed by atoms with Gasteiger partial charge in [0.1, 0.15) is 0 Å². The highest BCUT2D eigenvalue weighted by molar-refractivity contribution is 6.18. The lowest BCUT2D eigenvalue weighted by molar-refractivity contribution is -0.143. The number of carbonyl (C=O) groups is 3. The zero-order chi connectivity index (χ0) is 12.9. The largest absolute Gasteiger partial charge is 0.480 e. The number of carboxylic acids is 1. The number of nitrogens with one attached hydrogen (secondary N) is 1. The summed E-state index contributed by atoms with van der Waals surface area (Å²) in [5.41, 5.74) is 1.90. The first-order valence-corrected chi connectivity index (χ1v) is 5.49. The topological polar surface area (TPSA) is 83.5 Å². The molecule has 1 atom stereocenters. The fourth-order valence-electron chi connectivity index (χ4n) is 2.50. The predicted octanol–water partition coefficient (Wildman–Crippen LogP) is 0.815. The van der Waals surface area contributed by atoms with Crippen molar-refractivity contribution < 1.29 is 19.5 Å². The van der Waals surface area contributed by atoms with Crippen molar-refractivity contribution in [3.05, 3.63) is 41.1 Å². The molecule has 1 aromatic rings. The molecule has 0 aromatic heterocycles. The van der Waals surface area contributed by atoms with Crippen molar-refractivity contribution in [1.82, 2.24) is 5.32 Å². The Kier molecular flexibility index (Phi) is 2.10. The van der Waals surface area contributed by atoms with Gasteiger partial charge >= 0.3 is 5.97 Å². The van der Waals surface area contributed by atoms with Gasteiger partial charge in [0.25, 0.3) is 0 Å². The van der Waals surface area contributed by atoms with Crippen LogP contribution in [0.5, 0.6) is 0 Å². The zero-order valence-electron chi connectivity index (χ0n) is 9.27. The van der Waals surface area contributed by atoms with Gasteiger partial charge in [0.15, 0.2) is 11.7 Å². The van der Waals surface area contributed by atoms with Crippen molar-refractivity contribution >= 4 is 23.2 Å². The number of benzene rings is 1. The molecule has 0 radical (unpaired) electrons. The number of aliphatic carboxylic acids is 1. The Morgan fingerprint density at radius 3 is 2.56 bits per heavy atom. The van der Waals surface area contributed by atoms with Gasteiger partial charge in [0.05, 0.1) is 6.42 Å². The standard InChI is InChI=1S/C13H9NO4/c15-9-5-8-10(7-4-2-1-3-6(7)9)11(13(17)18)12(16)14-8/h1-4,11H,5H2,(H,14,16)(H,17,18). The molecule has 1 aromatic carbocycles. The van der Waals surface area contributed by atoms with Gasteiger partial charge in [-0.15, -0.1) is 0 Å². The van der Waals surface area contributed by atoms with Gasteiger partial charge in [-0.05, 0) is 5.56 Å². The molecule has 1 aliphatic carbocycles. The van der Waals surface area contributed by atoms with E-state index in [-0.39, 0.29) is 12.2 Å². The molecule has 2 aliphatic rings. The number of hydrogen-bond acceptors (Lipinski definition) is 3. The molecule has 0 saturated heterocycles. The quantitative estimate of drug-likeness (QED) is 0.715. The number of rotatable bonds is 1. The summed E-state index contributed by atoms with van der Waals surface area (Å²) in [6, 6.07) is 6.78. The van der Waals surface area contributed by atoms with Crippen LogP contribution in [-0.4, -0.2) is 22.8 Å². The lowest BCUT2D eigenvalue weighted by atomic mass is 9.83. The maximum Gasteiger partial charge on any atom is 0.320 e. The number of allylic oxidation sites excluding steroid dienone is 1. The van der Waals surface area contributed by atoms with Crippen LogP contribution in [0, 0.1) is 5.92 Å². The van der Waals surface area contributed by atoms with Crippen LogP contribution in [0.25, 0.3) is 5.57 Å². The molecule has 1 amide bonds. The Hall–Kier alpha value is -2.43. The van der Waals surface area contributed by atoms with Crippen LogP contribution in [0.15, 0.2) is 30.0 Å². The fourth-order valence-corrected chi connectivity index (χ4v) is 2.50. The SMILES string of the molecule is O=C1CC2=C(c3ccccc31)C(C(=O)O)C(=O)N2. The smallest absolute Gasteiger partial charge is 0.320 e. The van der Waals surface area contributed by atoms with Crippen molar-refractivity contribution in [3.63, 3.8) is 0 Å². The van der Waals surface area contributed by atoms with Crippen molar-refractivity contribution in [3.8, 4) is 0 Å². The van der Waals surface area contributed by atoms with E-state index >= 15 is 0 Å². The van der Waals surface area contributed by atoms with E-state index in [1.54, 1.807) is 24.3 Å². The second kappa shape index (κ2) is 3.53. The molecule has 0 saturated carbocycles. The third kappa shape index (κ3) is 1.30. The van der Waals surface area contributed by atoms with E-state index in [1.807, 2.05) is 0 Å². The summed E-state index contributed by atoms with van der Waals surface area (Å²) in [5.74, 6) is -3.08. The molecule has 0 fully saturated rings. The summed E-state index contributed by atoms with van der Waals surface area (Å²) < 4.78 is 0. The molecular formula is C13H9NO4. The minimum Gasteiger partial charge on any atom is -0.480 e. The third-order valence-electron chi connectivity index (χ3n) is 3.25. The zero-order valence-corrected chi connectivity index (χ0v) is 9.27. The van der Waals surface area contributed by atoms with E-state index in [9.17, 15) is 14.4 Å². The van der Waals surface area contributed by atoms with Gasteiger partial charge in [0.2, 0.25) is 5.91 Å². The summed E-state index contributed by atoms with van der Waals surface area (Å²) in [6.45, 7) is 0.